The molecule has 1 rings (SSSR count). The van der Waals surface area contributed by atoms with Crippen molar-refractivity contribution in [3.8, 4) is 0 Å². The normalized spacial score (nSPS) is 13.3. The van der Waals surface area contributed by atoms with Crippen molar-refractivity contribution in [3.05, 3.63) is 19.8 Å². The maximum absolute atomic E-state index is 8.97. The van der Waals surface area contributed by atoms with Gasteiger partial charge in [0.2, 0.25) is 0 Å². The molecule has 0 aliphatic heterocycles. The predicted octanol–water partition coefficient (Wildman–Crippen LogP) is 2.42. The Balaban J connectivity index is 2.86. The average Bonchev–Trinajstić information content (AvgIpc) is 2.35. The van der Waals surface area contributed by atoms with Crippen molar-refractivity contribution in [2.24, 2.45) is 0 Å². The van der Waals surface area contributed by atoms with E-state index in [9.17, 15) is 0 Å². The molecule has 0 aliphatic carbocycles. The van der Waals surface area contributed by atoms with Crippen LogP contribution in [-0.2, 0) is 0 Å². The van der Waals surface area contributed by atoms with Gasteiger partial charge < -0.3 is 10.4 Å². The molecule has 1 atom stereocenters. The quantitative estimate of drug-likeness (QED) is 0.884. The van der Waals surface area contributed by atoms with Crippen LogP contribution in [0.25, 0.3) is 0 Å². The van der Waals surface area contributed by atoms with Crippen molar-refractivity contribution in [2.75, 3.05) is 13.7 Å². The lowest BCUT2D eigenvalue weighted by Gasteiger charge is -2.09. The van der Waals surface area contributed by atoms with Crippen LogP contribution in [0, 0.1) is 0 Å². The molecule has 2 nitrogen and oxygen atoms in total. The number of halogens is 2. The van der Waals surface area contributed by atoms with Crippen molar-refractivity contribution in [2.45, 2.75) is 6.04 Å². The summed E-state index contributed by atoms with van der Waals surface area (Å²) in [5.74, 6) is 0. The van der Waals surface area contributed by atoms with E-state index >= 15 is 0 Å². The molecule has 0 saturated carbocycles. The Bertz CT molecular complexity index is 242. The number of hydrogen-bond donors (Lipinski definition) is 2. The van der Waals surface area contributed by atoms with Gasteiger partial charge in [0.05, 0.1) is 12.6 Å². The van der Waals surface area contributed by atoms with Crippen LogP contribution in [0.1, 0.15) is 10.9 Å². The third kappa shape index (κ3) is 2.20. The first-order chi connectivity index (χ1) is 5.69. The standard InChI is InChI=1S/C7H9BrClNOS/c1-10-5(3-11)6-2-4(8)7(9)12-6/h2,5,10-11H,3H2,1H3. The number of hydrogen-bond acceptors (Lipinski definition) is 3. The Morgan fingerprint density at radius 3 is 2.83 bits per heavy atom. The third-order valence-corrected chi connectivity index (χ3v) is 4.13. The summed E-state index contributed by atoms with van der Waals surface area (Å²) >= 11 is 10.6. The van der Waals surface area contributed by atoms with E-state index < -0.39 is 0 Å². The molecule has 1 aromatic heterocycles. The highest BCUT2D eigenvalue weighted by Gasteiger charge is 2.12. The van der Waals surface area contributed by atoms with Gasteiger partial charge in [-0.2, -0.15) is 0 Å². The second kappa shape index (κ2) is 4.58. The van der Waals surface area contributed by atoms with Gasteiger partial charge in [-0.1, -0.05) is 11.6 Å². The van der Waals surface area contributed by atoms with E-state index in [0.29, 0.717) is 0 Å². The fourth-order valence-electron chi connectivity index (χ4n) is 0.859. The van der Waals surface area contributed by atoms with Crippen LogP contribution in [0.5, 0.6) is 0 Å². The van der Waals surface area contributed by atoms with E-state index in [1.165, 1.54) is 11.3 Å². The van der Waals surface area contributed by atoms with E-state index in [1.807, 2.05) is 13.1 Å². The van der Waals surface area contributed by atoms with E-state index in [4.69, 9.17) is 16.7 Å². The van der Waals surface area contributed by atoms with Crippen LogP contribution in [0.15, 0.2) is 10.5 Å². The number of rotatable bonds is 3. The van der Waals surface area contributed by atoms with Gasteiger partial charge >= 0.3 is 0 Å². The van der Waals surface area contributed by atoms with Gasteiger partial charge in [-0.15, -0.1) is 11.3 Å². The number of nitrogens with one attached hydrogen (secondary N) is 1. The van der Waals surface area contributed by atoms with Crippen molar-refractivity contribution in [3.63, 3.8) is 0 Å². The highest BCUT2D eigenvalue weighted by molar-refractivity contribution is 9.10. The molecule has 0 spiro atoms. The molecule has 0 fully saturated rings. The largest absolute Gasteiger partial charge is 0.394 e. The highest BCUT2D eigenvalue weighted by atomic mass is 79.9. The molecule has 5 heteroatoms. The molecule has 0 amide bonds. The fraction of sp³-hybridized carbons (Fsp3) is 0.429. The first-order valence-corrected chi connectivity index (χ1v) is 5.40. The van der Waals surface area contributed by atoms with Crippen molar-refractivity contribution >= 4 is 38.9 Å². The molecular weight excluding hydrogens is 262 g/mol. The summed E-state index contributed by atoms with van der Waals surface area (Å²) in [5, 5.41) is 12.0. The van der Waals surface area contributed by atoms with E-state index in [1.54, 1.807) is 0 Å². The van der Waals surface area contributed by atoms with Gasteiger partial charge in [0.15, 0.2) is 0 Å². The summed E-state index contributed by atoms with van der Waals surface area (Å²) in [6.45, 7) is 0.0831. The number of aliphatic hydroxyl groups excluding tert-OH is 1. The van der Waals surface area contributed by atoms with E-state index in [-0.39, 0.29) is 12.6 Å². The SMILES string of the molecule is CNC(CO)c1cc(Br)c(Cl)s1. The second-order valence-corrected chi connectivity index (χ2v) is 4.83. The van der Waals surface area contributed by atoms with Gasteiger partial charge in [-0.3, -0.25) is 0 Å². The van der Waals surface area contributed by atoms with E-state index in [2.05, 4.69) is 21.2 Å². The van der Waals surface area contributed by atoms with Crippen LogP contribution in [0.3, 0.4) is 0 Å². The molecule has 1 heterocycles. The number of likely N-dealkylation sites (N-methyl/N-ethyl adjacent to an activating group) is 1. The number of aliphatic hydroxyl groups is 1. The number of thiophene rings is 1. The minimum atomic E-state index is -0.0150. The molecule has 12 heavy (non-hydrogen) atoms. The Morgan fingerprint density at radius 1 is 1.83 bits per heavy atom. The van der Waals surface area contributed by atoms with Crippen LogP contribution in [0.4, 0.5) is 0 Å². The van der Waals surface area contributed by atoms with Crippen molar-refractivity contribution in [1.82, 2.24) is 5.32 Å². The monoisotopic (exact) mass is 269 g/mol. The summed E-state index contributed by atoms with van der Waals surface area (Å²) in [6.07, 6.45) is 0. The predicted molar refractivity (Wildman–Crippen MR) is 55.9 cm³/mol. The van der Waals surface area contributed by atoms with Gasteiger partial charge in [-0.05, 0) is 29.0 Å². The van der Waals surface area contributed by atoms with Gasteiger partial charge in [-0.25, -0.2) is 0 Å². The molecule has 68 valence electrons. The summed E-state index contributed by atoms with van der Waals surface area (Å²) < 4.78 is 1.61. The van der Waals surface area contributed by atoms with Crippen LogP contribution >= 0.6 is 38.9 Å². The average molecular weight is 271 g/mol. The summed E-state index contributed by atoms with van der Waals surface area (Å²) in [5.41, 5.74) is 0. The van der Waals surface area contributed by atoms with Gasteiger partial charge in [0, 0.05) is 9.35 Å². The zero-order valence-electron chi connectivity index (χ0n) is 6.47. The van der Waals surface area contributed by atoms with Gasteiger partial charge in [0.1, 0.15) is 4.34 Å². The molecule has 0 aromatic carbocycles. The first kappa shape index (κ1) is 10.5. The lowest BCUT2D eigenvalue weighted by molar-refractivity contribution is 0.253. The Hall–Kier alpha value is 0.390. The third-order valence-electron chi connectivity index (χ3n) is 1.54. The summed E-state index contributed by atoms with van der Waals surface area (Å²) in [6, 6.07) is 1.91. The zero-order valence-corrected chi connectivity index (χ0v) is 9.63. The Kier molecular flexibility index (Phi) is 3.99. The first-order valence-electron chi connectivity index (χ1n) is 3.42. The molecule has 0 saturated heterocycles. The maximum Gasteiger partial charge on any atom is 0.107 e. The second-order valence-electron chi connectivity index (χ2n) is 2.29. The molecule has 0 bridgehead atoms. The van der Waals surface area contributed by atoms with Crippen molar-refractivity contribution < 1.29 is 5.11 Å². The molecule has 1 aromatic rings. The highest BCUT2D eigenvalue weighted by Crippen LogP contribution is 2.34. The smallest absolute Gasteiger partial charge is 0.107 e. The minimum absolute atomic E-state index is 0.0150. The molecule has 1 unspecified atom stereocenters. The Morgan fingerprint density at radius 2 is 2.50 bits per heavy atom. The fourth-order valence-corrected chi connectivity index (χ4v) is 2.70. The van der Waals surface area contributed by atoms with Crippen LogP contribution in [0.2, 0.25) is 4.34 Å². The van der Waals surface area contributed by atoms with Crippen LogP contribution in [-0.4, -0.2) is 18.8 Å². The lowest BCUT2D eigenvalue weighted by atomic mass is 10.2. The maximum atomic E-state index is 8.97. The molecular formula is C7H9BrClNOS. The summed E-state index contributed by atoms with van der Waals surface area (Å²) in [4.78, 5) is 1.04. The minimum Gasteiger partial charge on any atom is -0.394 e. The lowest BCUT2D eigenvalue weighted by Crippen LogP contribution is -2.18. The zero-order chi connectivity index (χ0) is 9.14. The van der Waals surface area contributed by atoms with Crippen molar-refractivity contribution in [1.29, 1.82) is 0 Å². The summed E-state index contributed by atoms with van der Waals surface area (Å²) in [7, 11) is 1.81. The Labute approximate surface area is 88.7 Å². The molecule has 0 radical (unpaired) electrons. The van der Waals surface area contributed by atoms with Gasteiger partial charge in [0.25, 0.3) is 0 Å². The molecule has 2 N–H and O–H groups in total. The van der Waals surface area contributed by atoms with Crippen LogP contribution < -0.4 is 5.32 Å². The molecule has 0 aliphatic rings. The van der Waals surface area contributed by atoms with E-state index in [0.717, 1.165) is 13.7 Å². The topological polar surface area (TPSA) is 32.3 Å².